The number of nitrogens with one attached hydrogen (secondary N) is 1. The van der Waals surface area contributed by atoms with Gasteiger partial charge >= 0.3 is 0 Å². The molecule has 2 rings (SSSR count). The summed E-state index contributed by atoms with van der Waals surface area (Å²) >= 11 is 1.89. The topological polar surface area (TPSA) is 53.6 Å². The van der Waals surface area contributed by atoms with Crippen LogP contribution < -0.4 is 11.1 Å². The molecule has 0 aliphatic carbocycles. The molecule has 4 nitrogen and oxygen atoms in total. The van der Waals surface area contributed by atoms with Gasteiger partial charge in [-0.2, -0.15) is 0 Å². The smallest absolute Gasteiger partial charge is 0.188 e. The number of fused-ring (bicyclic) bond motifs is 1. The Morgan fingerprint density at radius 1 is 1.58 bits per heavy atom. The van der Waals surface area contributed by atoms with Crippen LogP contribution in [0.2, 0.25) is 0 Å². The minimum atomic E-state index is 0.585. The van der Waals surface area contributed by atoms with Crippen molar-refractivity contribution in [2.75, 3.05) is 26.2 Å². The van der Waals surface area contributed by atoms with E-state index in [1.54, 1.807) is 4.88 Å². The summed E-state index contributed by atoms with van der Waals surface area (Å²) in [7, 11) is 0. The van der Waals surface area contributed by atoms with Gasteiger partial charge in [0.1, 0.15) is 0 Å². The summed E-state index contributed by atoms with van der Waals surface area (Å²) in [6.45, 7) is 7.13. The van der Waals surface area contributed by atoms with Gasteiger partial charge in [0, 0.05) is 37.6 Å². The van der Waals surface area contributed by atoms with E-state index in [0.29, 0.717) is 5.96 Å². The lowest BCUT2D eigenvalue weighted by Gasteiger charge is -2.26. The summed E-state index contributed by atoms with van der Waals surface area (Å²) in [6, 6.07) is 2.25. The molecule has 1 aliphatic heterocycles. The fourth-order valence-electron chi connectivity index (χ4n) is 2.25. The molecule has 0 radical (unpaired) electrons. The monoisotopic (exact) mass is 280 g/mol. The molecule has 0 saturated carbocycles. The van der Waals surface area contributed by atoms with Crippen LogP contribution in [0.5, 0.6) is 0 Å². The van der Waals surface area contributed by atoms with E-state index in [0.717, 1.165) is 45.6 Å². The van der Waals surface area contributed by atoms with E-state index in [1.807, 2.05) is 11.3 Å². The van der Waals surface area contributed by atoms with E-state index in [4.69, 9.17) is 5.73 Å². The molecule has 19 heavy (non-hydrogen) atoms. The predicted molar refractivity (Wildman–Crippen MR) is 82.7 cm³/mol. The predicted octanol–water partition coefficient (Wildman–Crippen LogP) is 1.81. The van der Waals surface area contributed by atoms with Gasteiger partial charge < -0.3 is 11.1 Å². The molecule has 0 spiro atoms. The second kappa shape index (κ2) is 7.50. The lowest BCUT2D eigenvalue weighted by atomic mass is 10.1. The van der Waals surface area contributed by atoms with Crippen molar-refractivity contribution in [1.82, 2.24) is 10.2 Å². The summed E-state index contributed by atoms with van der Waals surface area (Å²) in [4.78, 5) is 8.32. The zero-order valence-electron chi connectivity index (χ0n) is 11.7. The third-order valence-corrected chi connectivity index (χ3v) is 4.44. The van der Waals surface area contributed by atoms with Gasteiger partial charge in [-0.1, -0.05) is 13.3 Å². The largest absolute Gasteiger partial charge is 0.370 e. The molecule has 2 heterocycles. The van der Waals surface area contributed by atoms with Crippen molar-refractivity contribution in [1.29, 1.82) is 0 Å². The number of guanidine groups is 1. The lowest BCUT2D eigenvalue weighted by Crippen LogP contribution is -2.40. The Morgan fingerprint density at radius 3 is 3.32 bits per heavy atom. The number of hydrogen-bond donors (Lipinski definition) is 2. The van der Waals surface area contributed by atoms with Crippen LogP contribution in [0.4, 0.5) is 0 Å². The summed E-state index contributed by atoms with van der Waals surface area (Å²) in [6.07, 6.45) is 3.45. The highest BCUT2D eigenvalue weighted by molar-refractivity contribution is 7.10. The van der Waals surface area contributed by atoms with E-state index >= 15 is 0 Å². The number of nitrogens with two attached hydrogens (primary N) is 1. The highest BCUT2D eigenvalue weighted by Crippen LogP contribution is 2.23. The van der Waals surface area contributed by atoms with Gasteiger partial charge in [-0.05, 0) is 29.9 Å². The van der Waals surface area contributed by atoms with Gasteiger partial charge in [0.15, 0.2) is 5.96 Å². The fourth-order valence-corrected chi connectivity index (χ4v) is 3.14. The van der Waals surface area contributed by atoms with Crippen LogP contribution in [-0.2, 0) is 13.0 Å². The second-order valence-electron chi connectivity index (χ2n) is 4.94. The Morgan fingerprint density at radius 2 is 2.47 bits per heavy atom. The van der Waals surface area contributed by atoms with Crippen LogP contribution in [0.1, 0.15) is 30.2 Å². The maximum atomic E-state index is 5.81. The van der Waals surface area contributed by atoms with Crippen molar-refractivity contribution < 1.29 is 0 Å². The number of hydrogen-bond acceptors (Lipinski definition) is 3. The Bertz CT molecular complexity index is 413. The first-order chi connectivity index (χ1) is 9.29. The molecule has 106 valence electrons. The van der Waals surface area contributed by atoms with Crippen molar-refractivity contribution >= 4 is 17.3 Å². The fraction of sp³-hybridized carbons (Fsp3) is 0.643. The molecule has 0 saturated heterocycles. The molecule has 0 atom stereocenters. The summed E-state index contributed by atoms with van der Waals surface area (Å²) in [5, 5.41) is 5.39. The highest BCUT2D eigenvalue weighted by atomic mass is 32.1. The summed E-state index contributed by atoms with van der Waals surface area (Å²) < 4.78 is 0. The minimum Gasteiger partial charge on any atom is -0.370 e. The van der Waals surface area contributed by atoms with Crippen molar-refractivity contribution in [3.05, 3.63) is 21.9 Å². The highest BCUT2D eigenvalue weighted by Gasteiger charge is 2.16. The molecule has 0 unspecified atom stereocenters. The number of thiophene rings is 1. The van der Waals surface area contributed by atoms with E-state index in [2.05, 4.69) is 33.6 Å². The van der Waals surface area contributed by atoms with Gasteiger partial charge in [0.2, 0.25) is 0 Å². The van der Waals surface area contributed by atoms with Gasteiger partial charge in [-0.25, -0.2) is 0 Å². The Hall–Kier alpha value is -1.07. The van der Waals surface area contributed by atoms with Gasteiger partial charge in [-0.3, -0.25) is 9.89 Å². The maximum Gasteiger partial charge on any atom is 0.188 e. The molecule has 1 aromatic rings. The van der Waals surface area contributed by atoms with E-state index < -0.39 is 0 Å². The maximum absolute atomic E-state index is 5.81. The van der Waals surface area contributed by atoms with E-state index in [1.165, 1.54) is 12.0 Å². The second-order valence-corrected chi connectivity index (χ2v) is 5.94. The molecule has 1 aromatic heterocycles. The van der Waals surface area contributed by atoms with Crippen molar-refractivity contribution in [2.45, 2.75) is 32.7 Å². The average Bonchev–Trinajstić information content (AvgIpc) is 2.86. The first-order valence-corrected chi connectivity index (χ1v) is 7.99. The van der Waals surface area contributed by atoms with Crippen molar-refractivity contribution in [2.24, 2.45) is 10.7 Å². The van der Waals surface area contributed by atoms with Crippen LogP contribution in [0.25, 0.3) is 0 Å². The van der Waals surface area contributed by atoms with Gasteiger partial charge in [-0.15, -0.1) is 11.3 Å². The molecular formula is C14H24N4S. The van der Waals surface area contributed by atoms with Crippen LogP contribution in [0.3, 0.4) is 0 Å². The molecule has 0 aromatic carbocycles. The normalized spacial score (nSPS) is 16.4. The van der Waals surface area contributed by atoms with E-state index in [9.17, 15) is 0 Å². The third kappa shape index (κ3) is 4.51. The molecule has 5 heteroatoms. The molecular weight excluding hydrogens is 256 g/mol. The van der Waals surface area contributed by atoms with Gasteiger partial charge in [0.25, 0.3) is 0 Å². The number of aliphatic imine (C=N–C) groups is 1. The minimum absolute atomic E-state index is 0.585. The van der Waals surface area contributed by atoms with Crippen LogP contribution >= 0.6 is 11.3 Å². The average molecular weight is 280 g/mol. The van der Waals surface area contributed by atoms with Crippen LogP contribution in [0.15, 0.2) is 16.4 Å². The zero-order chi connectivity index (χ0) is 13.5. The molecule has 0 bridgehead atoms. The Balaban J connectivity index is 1.65. The first-order valence-electron chi connectivity index (χ1n) is 7.11. The Labute approximate surface area is 119 Å². The van der Waals surface area contributed by atoms with Crippen LogP contribution in [-0.4, -0.2) is 37.0 Å². The molecule has 0 fully saturated rings. The number of rotatable bonds is 6. The summed E-state index contributed by atoms with van der Waals surface area (Å²) in [5.41, 5.74) is 7.31. The van der Waals surface area contributed by atoms with E-state index in [-0.39, 0.29) is 0 Å². The molecule has 0 amide bonds. The third-order valence-electron chi connectivity index (χ3n) is 3.41. The van der Waals surface area contributed by atoms with Crippen LogP contribution in [0, 0.1) is 0 Å². The Kier molecular flexibility index (Phi) is 5.66. The number of unbranched alkanes of at least 4 members (excludes halogenated alkanes) is 1. The molecule has 1 aliphatic rings. The summed E-state index contributed by atoms with van der Waals surface area (Å²) in [5.74, 6) is 0.585. The standard InChI is InChI=1S/C14H24N4S/c1-2-3-6-16-14(15)17-7-9-18-8-4-13-12(11-18)5-10-19-13/h5,10H,2-4,6-9,11H2,1H3,(H3,15,16,17). The quantitative estimate of drug-likeness (QED) is 0.475. The van der Waals surface area contributed by atoms with Crippen molar-refractivity contribution in [3.8, 4) is 0 Å². The number of nitrogens with zero attached hydrogens (tertiary/aromatic N) is 2. The first kappa shape index (κ1) is 14.3. The van der Waals surface area contributed by atoms with Crippen molar-refractivity contribution in [3.63, 3.8) is 0 Å². The zero-order valence-corrected chi connectivity index (χ0v) is 12.5. The molecule has 3 N–H and O–H groups in total. The SMILES string of the molecule is CCCCN=C(N)NCCN1CCc2sccc2C1. The van der Waals surface area contributed by atoms with Gasteiger partial charge in [0.05, 0.1) is 0 Å². The lowest BCUT2D eigenvalue weighted by molar-refractivity contribution is 0.260.